The normalized spacial score (nSPS) is 11.1. The third-order valence-electron chi connectivity index (χ3n) is 4.23. The maximum atomic E-state index is 12.8. The average molecular weight is 418 g/mol. The van der Waals surface area contributed by atoms with Gasteiger partial charge in [-0.2, -0.15) is 0 Å². The smallest absolute Gasteiger partial charge is 0.260 e. The van der Waals surface area contributed by atoms with Crippen molar-refractivity contribution >= 4 is 39.2 Å². The number of thioether (sulfide) groups is 1. The van der Waals surface area contributed by atoms with Crippen LogP contribution in [0, 0.1) is 13.8 Å². The minimum Gasteiger partial charge on any atom is -0.383 e. The van der Waals surface area contributed by atoms with Crippen LogP contribution in [0.1, 0.15) is 16.3 Å². The molecule has 0 saturated heterocycles. The first-order chi connectivity index (χ1) is 13.5. The van der Waals surface area contributed by atoms with Crippen molar-refractivity contribution in [2.75, 3.05) is 26.0 Å². The highest BCUT2D eigenvalue weighted by Gasteiger charge is 2.16. The summed E-state index contributed by atoms with van der Waals surface area (Å²) < 4.78 is 4.90. The maximum absolute atomic E-state index is 12.8. The van der Waals surface area contributed by atoms with Crippen LogP contribution >= 0.6 is 23.1 Å². The number of hydrogen-bond donors (Lipinski definition) is 2. The van der Waals surface area contributed by atoms with Crippen LogP contribution in [0.2, 0.25) is 0 Å². The predicted octanol–water partition coefficient (Wildman–Crippen LogP) is 3.26. The Bertz CT molecular complexity index is 1030. The van der Waals surface area contributed by atoms with Gasteiger partial charge in [0.1, 0.15) is 10.7 Å². The molecule has 0 atom stereocenters. The molecule has 28 heavy (non-hydrogen) atoms. The lowest BCUT2D eigenvalue weighted by Gasteiger charge is -2.05. The number of carbonyl (C=O) groups is 1. The van der Waals surface area contributed by atoms with Crippen LogP contribution in [0.15, 0.2) is 29.1 Å². The number of hydrogen-bond acceptors (Lipinski definition) is 6. The van der Waals surface area contributed by atoms with Crippen LogP contribution < -0.4 is 10.9 Å². The van der Waals surface area contributed by atoms with Gasteiger partial charge in [0.25, 0.3) is 5.56 Å². The van der Waals surface area contributed by atoms with Crippen LogP contribution in [0.5, 0.6) is 0 Å². The van der Waals surface area contributed by atoms with E-state index in [0.29, 0.717) is 35.9 Å². The highest BCUT2D eigenvalue weighted by atomic mass is 32.2. The van der Waals surface area contributed by atoms with Crippen LogP contribution in [-0.2, 0) is 15.3 Å². The number of fused-ring (bicyclic) bond motifs is 1. The van der Waals surface area contributed by atoms with Gasteiger partial charge in [0, 0.05) is 24.1 Å². The molecule has 0 saturated carbocycles. The van der Waals surface area contributed by atoms with Gasteiger partial charge in [-0.15, -0.1) is 23.1 Å². The van der Waals surface area contributed by atoms with Gasteiger partial charge >= 0.3 is 0 Å². The van der Waals surface area contributed by atoms with Crippen molar-refractivity contribution in [2.24, 2.45) is 0 Å². The molecule has 1 amide bonds. The molecule has 8 heteroatoms. The van der Waals surface area contributed by atoms with E-state index >= 15 is 0 Å². The number of aromatic nitrogens is 2. The lowest BCUT2D eigenvalue weighted by molar-refractivity contribution is -0.118. The highest BCUT2D eigenvalue weighted by Crippen LogP contribution is 2.35. The second-order valence-corrected chi connectivity index (χ2v) is 8.62. The van der Waals surface area contributed by atoms with Crippen molar-refractivity contribution in [1.29, 1.82) is 0 Å². The molecular weight excluding hydrogens is 394 g/mol. The summed E-state index contributed by atoms with van der Waals surface area (Å²) in [4.78, 5) is 33.8. The average Bonchev–Trinajstić information content (AvgIpc) is 2.99. The van der Waals surface area contributed by atoms with E-state index in [1.807, 2.05) is 38.1 Å². The molecule has 3 rings (SSSR count). The van der Waals surface area contributed by atoms with Gasteiger partial charge < -0.3 is 15.0 Å². The number of nitrogens with zero attached hydrogens (tertiary/aromatic N) is 1. The van der Waals surface area contributed by atoms with Crippen LogP contribution in [0.3, 0.4) is 0 Å². The molecule has 0 radical (unpaired) electrons. The Morgan fingerprint density at radius 1 is 1.29 bits per heavy atom. The first kappa shape index (κ1) is 20.6. The Balaban J connectivity index is 1.76. The standard InChI is InChI=1S/C20H23N3O3S2/c1-12-4-6-14(7-5-12)17-13(2)28-20-18(17)19(25)22-15(23-20)10-27-11-16(24)21-8-9-26-3/h4-7H,8-11H2,1-3H3,(H,21,24)(H,22,23,25). The van der Waals surface area contributed by atoms with Crippen LogP contribution in [0.4, 0.5) is 0 Å². The molecular formula is C20H23N3O3S2. The van der Waals surface area contributed by atoms with Crippen molar-refractivity contribution < 1.29 is 9.53 Å². The molecule has 0 bridgehead atoms. The lowest BCUT2D eigenvalue weighted by atomic mass is 10.0. The second-order valence-electron chi connectivity index (χ2n) is 6.43. The number of rotatable bonds is 8. The number of benzene rings is 1. The Morgan fingerprint density at radius 2 is 2.04 bits per heavy atom. The van der Waals surface area contributed by atoms with E-state index < -0.39 is 0 Å². The maximum Gasteiger partial charge on any atom is 0.260 e. The summed E-state index contributed by atoms with van der Waals surface area (Å²) in [5, 5.41) is 3.41. The Kier molecular flexibility index (Phi) is 6.88. The van der Waals surface area contributed by atoms with Crippen molar-refractivity contribution in [2.45, 2.75) is 19.6 Å². The molecule has 3 aromatic rings. The number of H-pyrrole nitrogens is 1. The number of aromatic amines is 1. The van der Waals surface area contributed by atoms with Crippen LogP contribution in [-0.4, -0.2) is 41.9 Å². The zero-order valence-corrected chi connectivity index (χ0v) is 17.8. The molecule has 148 valence electrons. The largest absolute Gasteiger partial charge is 0.383 e. The van der Waals surface area contributed by atoms with E-state index in [-0.39, 0.29) is 11.5 Å². The first-order valence-electron chi connectivity index (χ1n) is 8.92. The van der Waals surface area contributed by atoms with Crippen molar-refractivity contribution in [3.8, 4) is 11.1 Å². The fraction of sp³-hybridized carbons (Fsp3) is 0.350. The summed E-state index contributed by atoms with van der Waals surface area (Å²) in [5.41, 5.74) is 3.02. The van der Waals surface area contributed by atoms with E-state index in [0.717, 1.165) is 20.8 Å². The van der Waals surface area contributed by atoms with Crippen molar-refractivity contribution in [1.82, 2.24) is 15.3 Å². The van der Waals surface area contributed by atoms with Gasteiger partial charge in [-0.25, -0.2) is 4.98 Å². The van der Waals surface area contributed by atoms with Gasteiger partial charge in [-0.3, -0.25) is 9.59 Å². The fourth-order valence-corrected chi connectivity index (χ4v) is 4.67. The van der Waals surface area contributed by atoms with Gasteiger partial charge in [-0.1, -0.05) is 29.8 Å². The molecule has 0 aliphatic rings. The summed E-state index contributed by atoms with van der Waals surface area (Å²) in [5.74, 6) is 1.31. The van der Waals surface area contributed by atoms with Gasteiger partial charge in [0.05, 0.1) is 23.5 Å². The van der Waals surface area contributed by atoms with Gasteiger partial charge in [0.2, 0.25) is 5.91 Å². The minimum atomic E-state index is -0.134. The number of carbonyl (C=O) groups excluding carboxylic acids is 1. The van der Waals surface area contributed by atoms with E-state index in [1.54, 1.807) is 7.11 Å². The van der Waals surface area contributed by atoms with Gasteiger partial charge in [0.15, 0.2) is 0 Å². The summed E-state index contributed by atoms with van der Waals surface area (Å²) in [6, 6.07) is 8.16. The highest BCUT2D eigenvalue weighted by molar-refractivity contribution is 7.99. The molecule has 0 aliphatic carbocycles. The van der Waals surface area contributed by atoms with E-state index in [1.165, 1.54) is 28.7 Å². The predicted molar refractivity (Wildman–Crippen MR) is 116 cm³/mol. The van der Waals surface area contributed by atoms with E-state index in [4.69, 9.17) is 4.74 Å². The zero-order chi connectivity index (χ0) is 20.1. The molecule has 1 aromatic carbocycles. The summed E-state index contributed by atoms with van der Waals surface area (Å²) in [6.07, 6.45) is 0. The minimum absolute atomic E-state index is 0.0564. The fourth-order valence-electron chi connectivity index (χ4n) is 2.88. The molecule has 6 nitrogen and oxygen atoms in total. The zero-order valence-electron chi connectivity index (χ0n) is 16.1. The van der Waals surface area contributed by atoms with E-state index in [2.05, 4.69) is 15.3 Å². The molecule has 0 aliphatic heterocycles. The number of aryl methyl sites for hydroxylation is 2. The number of amides is 1. The second kappa shape index (κ2) is 9.36. The molecule has 2 aromatic heterocycles. The first-order valence-corrected chi connectivity index (χ1v) is 10.9. The number of ether oxygens (including phenoxy) is 1. The molecule has 2 heterocycles. The topological polar surface area (TPSA) is 84.1 Å². The summed E-state index contributed by atoms with van der Waals surface area (Å²) in [7, 11) is 1.59. The Morgan fingerprint density at radius 3 is 2.75 bits per heavy atom. The molecule has 0 unspecified atom stereocenters. The van der Waals surface area contributed by atoms with Gasteiger partial charge in [-0.05, 0) is 19.4 Å². The monoisotopic (exact) mass is 417 g/mol. The van der Waals surface area contributed by atoms with E-state index in [9.17, 15) is 9.59 Å². The molecule has 2 N–H and O–H groups in total. The van der Waals surface area contributed by atoms with Crippen molar-refractivity contribution in [3.05, 3.63) is 50.9 Å². The third-order valence-corrected chi connectivity index (χ3v) is 6.17. The lowest BCUT2D eigenvalue weighted by Crippen LogP contribution is -2.28. The Labute approximate surface area is 171 Å². The SMILES string of the molecule is COCCNC(=O)CSCc1nc2sc(C)c(-c3ccc(C)cc3)c2c(=O)[nH]1. The van der Waals surface area contributed by atoms with Crippen molar-refractivity contribution in [3.63, 3.8) is 0 Å². The number of methoxy groups -OCH3 is 1. The number of nitrogens with one attached hydrogen (secondary N) is 2. The summed E-state index contributed by atoms with van der Waals surface area (Å²) in [6.45, 7) is 5.04. The third kappa shape index (κ3) is 4.81. The molecule has 0 fully saturated rings. The van der Waals surface area contributed by atoms with Crippen LogP contribution in [0.25, 0.3) is 21.3 Å². The molecule has 0 spiro atoms. The quantitative estimate of drug-likeness (QED) is 0.550. The number of thiophene rings is 1. The Hall–Kier alpha value is -2.16. The summed E-state index contributed by atoms with van der Waals surface area (Å²) >= 11 is 2.94.